The average Bonchev–Trinajstić information content (AvgIpc) is 2.54. The van der Waals surface area contributed by atoms with Crippen LogP contribution in [0.3, 0.4) is 0 Å². The maximum atomic E-state index is 12.0. The highest BCUT2D eigenvalue weighted by atomic mass is 127. The summed E-state index contributed by atoms with van der Waals surface area (Å²) in [6.07, 6.45) is 0. The molecule has 0 spiro atoms. The first-order valence-corrected chi connectivity index (χ1v) is 9.25. The van der Waals surface area contributed by atoms with Crippen LogP contribution in [0.4, 0.5) is 0 Å². The zero-order valence-corrected chi connectivity index (χ0v) is 17.3. The van der Waals surface area contributed by atoms with E-state index in [-0.39, 0.29) is 36.3 Å². The number of nitrogens with one attached hydrogen (secondary N) is 3. The van der Waals surface area contributed by atoms with Crippen LogP contribution >= 0.6 is 24.0 Å². The molecule has 0 amide bonds. The first-order valence-electron chi connectivity index (χ1n) is 7.59. The van der Waals surface area contributed by atoms with Crippen molar-refractivity contribution < 1.29 is 13.2 Å². The van der Waals surface area contributed by atoms with Crippen LogP contribution in [0.15, 0.2) is 35.3 Å². The summed E-state index contributed by atoms with van der Waals surface area (Å²) in [5.74, 6) is 0.567. The lowest BCUT2D eigenvalue weighted by Gasteiger charge is -2.12. The van der Waals surface area contributed by atoms with Crippen molar-refractivity contribution in [2.75, 3.05) is 39.1 Å². The van der Waals surface area contributed by atoms with Gasteiger partial charge in [0, 0.05) is 26.7 Å². The van der Waals surface area contributed by atoms with Crippen LogP contribution in [0.2, 0.25) is 0 Å². The second-order valence-electron chi connectivity index (χ2n) is 4.81. The molecule has 138 valence electrons. The Labute approximate surface area is 161 Å². The van der Waals surface area contributed by atoms with Crippen molar-refractivity contribution in [1.82, 2.24) is 15.4 Å². The molecule has 0 atom stereocenters. The van der Waals surface area contributed by atoms with E-state index < -0.39 is 10.0 Å². The van der Waals surface area contributed by atoms with E-state index in [0.29, 0.717) is 32.2 Å². The Morgan fingerprint density at radius 3 is 2.54 bits per heavy atom. The van der Waals surface area contributed by atoms with Crippen LogP contribution in [0, 0.1) is 0 Å². The molecule has 0 fully saturated rings. The summed E-state index contributed by atoms with van der Waals surface area (Å²) in [5, 5.41) is 6.05. The van der Waals surface area contributed by atoms with Crippen LogP contribution < -0.4 is 15.4 Å². The lowest BCUT2D eigenvalue weighted by Crippen LogP contribution is -2.41. The Balaban J connectivity index is 0.00000529. The molecule has 3 N–H and O–H groups in total. The molecule has 0 saturated carbocycles. The zero-order chi connectivity index (χ0) is 17.0. The van der Waals surface area contributed by atoms with Gasteiger partial charge in [0.15, 0.2) is 5.96 Å². The Kier molecular flexibility index (Phi) is 12.9. The molecule has 7 nitrogen and oxygen atoms in total. The Hall–Kier alpha value is -0.910. The molecule has 0 unspecified atom stereocenters. The minimum Gasteiger partial charge on any atom is -0.383 e. The van der Waals surface area contributed by atoms with Gasteiger partial charge in [-0.3, -0.25) is 4.99 Å². The summed E-state index contributed by atoms with van der Waals surface area (Å²) < 4.78 is 31.5. The molecule has 0 heterocycles. The van der Waals surface area contributed by atoms with E-state index in [0.717, 1.165) is 5.56 Å². The number of ether oxygens (including phenoxy) is 1. The second-order valence-corrected chi connectivity index (χ2v) is 6.73. The van der Waals surface area contributed by atoms with Gasteiger partial charge in [-0.25, -0.2) is 13.1 Å². The van der Waals surface area contributed by atoms with Crippen molar-refractivity contribution in [3.63, 3.8) is 0 Å². The van der Waals surface area contributed by atoms with Gasteiger partial charge in [0.25, 0.3) is 0 Å². The summed E-state index contributed by atoms with van der Waals surface area (Å²) in [4.78, 5) is 4.27. The number of sulfonamides is 1. The van der Waals surface area contributed by atoms with E-state index in [4.69, 9.17) is 4.74 Å². The van der Waals surface area contributed by atoms with Crippen LogP contribution in [0.25, 0.3) is 0 Å². The Morgan fingerprint density at radius 1 is 1.21 bits per heavy atom. The molecule has 0 aliphatic heterocycles. The molecule has 0 aromatic heterocycles. The predicted molar refractivity (Wildman–Crippen MR) is 108 cm³/mol. The molecule has 1 rings (SSSR count). The lowest BCUT2D eigenvalue weighted by atomic mass is 10.2. The van der Waals surface area contributed by atoms with E-state index in [9.17, 15) is 8.42 Å². The lowest BCUT2D eigenvalue weighted by molar-refractivity contribution is 0.208. The third-order valence-electron chi connectivity index (χ3n) is 2.91. The first-order chi connectivity index (χ1) is 11.1. The Morgan fingerprint density at radius 2 is 1.92 bits per heavy atom. The van der Waals surface area contributed by atoms with Gasteiger partial charge in [-0.15, -0.1) is 24.0 Å². The largest absolute Gasteiger partial charge is 0.383 e. The third-order valence-corrected chi connectivity index (χ3v) is 4.24. The number of rotatable bonds is 10. The number of hydrogen-bond acceptors (Lipinski definition) is 4. The SMILES string of the molecule is CCNC(=NCCOC)NCCS(=O)(=O)NCc1ccccc1.I. The monoisotopic (exact) mass is 470 g/mol. The van der Waals surface area contributed by atoms with Gasteiger partial charge in [-0.2, -0.15) is 0 Å². The predicted octanol–water partition coefficient (Wildman–Crippen LogP) is 0.926. The zero-order valence-electron chi connectivity index (χ0n) is 14.1. The van der Waals surface area contributed by atoms with E-state index in [1.54, 1.807) is 7.11 Å². The second kappa shape index (κ2) is 13.4. The quantitative estimate of drug-likeness (QED) is 0.205. The fraction of sp³-hybridized carbons (Fsp3) is 0.533. The van der Waals surface area contributed by atoms with Gasteiger partial charge in [-0.1, -0.05) is 30.3 Å². The van der Waals surface area contributed by atoms with Gasteiger partial charge >= 0.3 is 0 Å². The van der Waals surface area contributed by atoms with Crippen molar-refractivity contribution in [2.45, 2.75) is 13.5 Å². The number of nitrogens with zero attached hydrogens (tertiary/aromatic N) is 1. The van der Waals surface area contributed by atoms with Crippen molar-refractivity contribution in [3.05, 3.63) is 35.9 Å². The molecular formula is C15H27IN4O3S. The highest BCUT2D eigenvalue weighted by molar-refractivity contribution is 14.0. The van der Waals surface area contributed by atoms with Gasteiger partial charge in [0.2, 0.25) is 10.0 Å². The molecule has 1 aromatic carbocycles. The maximum absolute atomic E-state index is 12.0. The van der Waals surface area contributed by atoms with Crippen LogP contribution in [-0.2, 0) is 21.3 Å². The number of guanidine groups is 1. The van der Waals surface area contributed by atoms with E-state index >= 15 is 0 Å². The third kappa shape index (κ3) is 10.8. The first kappa shape index (κ1) is 23.1. The fourth-order valence-electron chi connectivity index (χ4n) is 1.76. The normalized spacial score (nSPS) is 11.7. The summed E-state index contributed by atoms with van der Waals surface area (Å²) in [7, 11) is -1.72. The van der Waals surface area contributed by atoms with E-state index in [2.05, 4.69) is 20.3 Å². The minimum absolute atomic E-state index is 0. The number of aliphatic imine (C=N–C) groups is 1. The molecule has 1 aromatic rings. The van der Waals surface area contributed by atoms with Gasteiger partial charge in [-0.05, 0) is 12.5 Å². The molecule has 0 aliphatic rings. The van der Waals surface area contributed by atoms with Crippen molar-refractivity contribution in [3.8, 4) is 0 Å². The van der Waals surface area contributed by atoms with Crippen LogP contribution in [0.1, 0.15) is 12.5 Å². The highest BCUT2D eigenvalue weighted by Gasteiger charge is 2.10. The van der Waals surface area contributed by atoms with Crippen molar-refractivity contribution >= 4 is 40.0 Å². The smallest absolute Gasteiger partial charge is 0.213 e. The van der Waals surface area contributed by atoms with E-state index in [1.165, 1.54) is 0 Å². The average molecular weight is 470 g/mol. The maximum Gasteiger partial charge on any atom is 0.213 e. The molecule has 9 heteroatoms. The van der Waals surface area contributed by atoms with Gasteiger partial charge in [0.05, 0.1) is 18.9 Å². The van der Waals surface area contributed by atoms with Gasteiger partial charge in [0.1, 0.15) is 0 Å². The van der Waals surface area contributed by atoms with Gasteiger partial charge < -0.3 is 15.4 Å². The van der Waals surface area contributed by atoms with Crippen LogP contribution in [0.5, 0.6) is 0 Å². The number of benzene rings is 1. The summed E-state index contributed by atoms with van der Waals surface area (Å²) in [6.45, 7) is 4.27. The molecule has 0 radical (unpaired) electrons. The molecule has 0 bridgehead atoms. The molecular weight excluding hydrogens is 443 g/mol. The summed E-state index contributed by atoms with van der Waals surface area (Å²) >= 11 is 0. The molecule has 24 heavy (non-hydrogen) atoms. The summed E-state index contributed by atoms with van der Waals surface area (Å²) in [5.41, 5.74) is 0.929. The minimum atomic E-state index is -3.34. The van der Waals surface area contributed by atoms with E-state index in [1.807, 2.05) is 37.3 Å². The topological polar surface area (TPSA) is 91.8 Å². The number of methoxy groups -OCH3 is 1. The fourth-order valence-corrected chi connectivity index (χ4v) is 2.66. The summed E-state index contributed by atoms with van der Waals surface area (Å²) in [6, 6.07) is 9.42. The van der Waals surface area contributed by atoms with Crippen LogP contribution in [-0.4, -0.2) is 53.5 Å². The molecule has 0 saturated heterocycles. The van der Waals surface area contributed by atoms with Crippen molar-refractivity contribution in [2.24, 2.45) is 4.99 Å². The number of halogens is 1. The molecule has 0 aliphatic carbocycles. The number of hydrogen-bond donors (Lipinski definition) is 3. The van der Waals surface area contributed by atoms with Crippen molar-refractivity contribution in [1.29, 1.82) is 0 Å². The standard InChI is InChI=1S/C15H26N4O3S.HI/c1-3-16-15(17-9-11-22-2)18-10-12-23(20,21)19-13-14-7-5-4-6-8-14;/h4-8,19H,3,9-13H2,1-2H3,(H2,16,17,18);1H. The highest BCUT2D eigenvalue weighted by Crippen LogP contribution is 1.98. The Bertz CT molecular complexity index is 567.